The van der Waals surface area contributed by atoms with Crippen molar-refractivity contribution in [2.45, 2.75) is 13.3 Å². The topological polar surface area (TPSA) is 58.6 Å². The van der Waals surface area contributed by atoms with E-state index in [1.54, 1.807) is 13.2 Å². The maximum atomic E-state index is 12.0. The Balaban J connectivity index is 2.78. The summed E-state index contributed by atoms with van der Waals surface area (Å²) in [5, 5.41) is 11.6. The standard InChI is InChI=1S/C15H19NO3/c1-12-6-7-14(13(11-12)5-3-9-17)15(18)16-8-4-10-19-2/h6-7,11,17H,4,8-10H2,1-2H3,(H,16,18). The largest absolute Gasteiger partial charge is 0.385 e. The average molecular weight is 261 g/mol. The molecule has 0 aliphatic heterocycles. The van der Waals surface area contributed by atoms with E-state index in [0.717, 1.165) is 12.0 Å². The Morgan fingerprint density at radius 2 is 2.26 bits per heavy atom. The van der Waals surface area contributed by atoms with Gasteiger partial charge in [-0.05, 0) is 31.0 Å². The number of aliphatic hydroxyl groups is 1. The number of hydrogen-bond donors (Lipinski definition) is 2. The van der Waals surface area contributed by atoms with E-state index in [-0.39, 0.29) is 12.5 Å². The highest BCUT2D eigenvalue weighted by atomic mass is 16.5. The Bertz CT molecular complexity index is 486. The molecule has 1 amide bonds. The molecule has 1 rings (SSSR count). The molecule has 0 saturated heterocycles. The molecule has 0 bridgehead atoms. The van der Waals surface area contributed by atoms with Gasteiger partial charge in [-0.2, -0.15) is 0 Å². The third kappa shape index (κ3) is 5.12. The average Bonchev–Trinajstić information content (AvgIpc) is 2.41. The van der Waals surface area contributed by atoms with Crippen LogP contribution in [-0.2, 0) is 4.74 Å². The highest BCUT2D eigenvalue weighted by molar-refractivity contribution is 5.96. The van der Waals surface area contributed by atoms with Crippen molar-refractivity contribution in [1.82, 2.24) is 5.32 Å². The second-order valence-electron chi connectivity index (χ2n) is 4.11. The fourth-order valence-corrected chi connectivity index (χ4v) is 1.61. The summed E-state index contributed by atoms with van der Waals surface area (Å²) < 4.78 is 4.92. The minimum atomic E-state index is -0.219. The van der Waals surface area contributed by atoms with E-state index in [2.05, 4.69) is 17.2 Å². The fourth-order valence-electron chi connectivity index (χ4n) is 1.61. The number of carbonyl (C=O) groups excluding carboxylic acids is 1. The molecule has 0 heterocycles. The van der Waals surface area contributed by atoms with Crippen LogP contribution in [0.1, 0.15) is 27.9 Å². The second-order valence-corrected chi connectivity index (χ2v) is 4.11. The summed E-state index contributed by atoms with van der Waals surface area (Å²) in [7, 11) is 1.63. The summed E-state index contributed by atoms with van der Waals surface area (Å²) in [6.45, 7) is 2.89. The van der Waals surface area contributed by atoms with Gasteiger partial charge in [-0.3, -0.25) is 4.79 Å². The Hall–Kier alpha value is -1.83. The maximum Gasteiger partial charge on any atom is 0.252 e. The molecule has 4 nitrogen and oxygen atoms in total. The van der Waals surface area contributed by atoms with Crippen LogP contribution in [0.25, 0.3) is 0 Å². The smallest absolute Gasteiger partial charge is 0.252 e. The number of hydrogen-bond acceptors (Lipinski definition) is 3. The van der Waals surface area contributed by atoms with E-state index in [1.165, 1.54) is 0 Å². The van der Waals surface area contributed by atoms with Crippen molar-refractivity contribution in [3.05, 3.63) is 34.9 Å². The number of rotatable bonds is 5. The van der Waals surface area contributed by atoms with Gasteiger partial charge in [-0.25, -0.2) is 0 Å². The van der Waals surface area contributed by atoms with Gasteiger partial charge in [0.2, 0.25) is 0 Å². The molecular weight excluding hydrogens is 242 g/mol. The molecule has 1 aromatic carbocycles. The molecule has 19 heavy (non-hydrogen) atoms. The Morgan fingerprint density at radius 3 is 2.95 bits per heavy atom. The van der Waals surface area contributed by atoms with Crippen LogP contribution in [0.15, 0.2) is 18.2 Å². The number of carbonyl (C=O) groups is 1. The molecule has 0 unspecified atom stereocenters. The van der Waals surface area contributed by atoms with Gasteiger partial charge in [-0.1, -0.05) is 17.9 Å². The quantitative estimate of drug-likeness (QED) is 0.616. The molecule has 2 N–H and O–H groups in total. The molecule has 0 aliphatic rings. The van der Waals surface area contributed by atoms with Gasteiger partial charge in [0.1, 0.15) is 6.61 Å². The number of methoxy groups -OCH3 is 1. The number of ether oxygens (including phenoxy) is 1. The molecule has 4 heteroatoms. The van der Waals surface area contributed by atoms with Crippen molar-refractivity contribution < 1.29 is 14.6 Å². The van der Waals surface area contributed by atoms with Crippen molar-refractivity contribution in [3.8, 4) is 11.8 Å². The summed E-state index contributed by atoms with van der Waals surface area (Å²) in [4.78, 5) is 12.0. The van der Waals surface area contributed by atoms with Crippen molar-refractivity contribution >= 4 is 5.91 Å². The third-order valence-electron chi connectivity index (χ3n) is 2.53. The minimum absolute atomic E-state index is 0.154. The van der Waals surface area contributed by atoms with Gasteiger partial charge in [-0.15, -0.1) is 0 Å². The molecular formula is C15H19NO3. The number of amides is 1. The first kappa shape index (κ1) is 15.2. The molecule has 1 aromatic rings. The molecule has 102 valence electrons. The van der Waals surface area contributed by atoms with Gasteiger partial charge in [0.15, 0.2) is 0 Å². The Morgan fingerprint density at radius 1 is 1.47 bits per heavy atom. The Kier molecular flexibility index (Phi) is 6.65. The molecule has 0 atom stereocenters. The lowest BCUT2D eigenvalue weighted by Crippen LogP contribution is -2.26. The molecule has 0 fully saturated rings. The lowest BCUT2D eigenvalue weighted by Gasteiger charge is -2.07. The predicted molar refractivity (Wildman–Crippen MR) is 74.0 cm³/mol. The zero-order valence-electron chi connectivity index (χ0n) is 11.3. The van der Waals surface area contributed by atoms with Crippen molar-refractivity contribution in [1.29, 1.82) is 0 Å². The fraction of sp³-hybridized carbons (Fsp3) is 0.400. The van der Waals surface area contributed by atoms with Crippen LogP contribution < -0.4 is 5.32 Å². The lowest BCUT2D eigenvalue weighted by atomic mass is 10.0. The highest BCUT2D eigenvalue weighted by Crippen LogP contribution is 2.10. The van der Waals surface area contributed by atoms with Gasteiger partial charge >= 0.3 is 0 Å². The van der Waals surface area contributed by atoms with Gasteiger partial charge in [0.05, 0.1) is 5.56 Å². The van der Waals surface area contributed by atoms with Crippen LogP contribution in [-0.4, -0.2) is 37.9 Å². The normalized spacial score (nSPS) is 9.63. The van der Waals surface area contributed by atoms with Crippen LogP contribution in [0.2, 0.25) is 0 Å². The SMILES string of the molecule is COCCCNC(=O)c1ccc(C)cc1C#CCO. The van der Waals surface area contributed by atoms with E-state index in [4.69, 9.17) is 9.84 Å². The summed E-state index contributed by atoms with van der Waals surface area (Å²) in [5.41, 5.74) is 2.19. The Labute approximate surface area is 113 Å². The summed E-state index contributed by atoms with van der Waals surface area (Å²) in [6, 6.07) is 5.46. The number of aliphatic hydroxyl groups excluding tert-OH is 1. The van der Waals surface area contributed by atoms with Crippen molar-refractivity contribution in [3.63, 3.8) is 0 Å². The summed E-state index contributed by atoms with van der Waals surface area (Å²) in [6.07, 6.45) is 0.770. The highest BCUT2D eigenvalue weighted by Gasteiger charge is 2.09. The maximum absolute atomic E-state index is 12.0. The molecule has 0 spiro atoms. The van der Waals surface area contributed by atoms with Crippen molar-refractivity contribution in [2.24, 2.45) is 0 Å². The third-order valence-corrected chi connectivity index (χ3v) is 2.53. The molecule has 0 radical (unpaired) electrons. The number of aryl methyl sites for hydroxylation is 1. The van der Waals surface area contributed by atoms with Crippen LogP contribution in [0.5, 0.6) is 0 Å². The monoisotopic (exact) mass is 261 g/mol. The number of nitrogens with one attached hydrogen (secondary N) is 1. The van der Waals surface area contributed by atoms with E-state index >= 15 is 0 Å². The number of benzene rings is 1. The summed E-state index contributed by atoms with van der Waals surface area (Å²) >= 11 is 0. The van der Waals surface area contributed by atoms with Crippen molar-refractivity contribution in [2.75, 3.05) is 26.9 Å². The van der Waals surface area contributed by atoms with E-state index in [1.807, 2.05) is 19.1 Å². The molecule has 0 saturated carbocycles. The second kappa shape index (κ2) is 8.30. The first-order valence-corrected chi connectivity index (χ1v) is 6.16. The lowest BCUT2D eigenvalue weighted by molar-refractivity contribution is 0.0948. The van der Waals surface area contributed by atoms with Crippen LogP contribution in [0.3, 0.4) is 0 Å². The van der Waals surface area contributed by atoms with Gasteiger partial charge < -0.3 is 15.2 Å². The zero-order chi connectivity index (χ0) is 14.1. The van der Waals surface area contributed by atoms with Crippen LogP contribution >= 0.6 is 0 Å². The first-order chi connectivity index (χ1) is 9.19. The first-order valence-electron chi connectivity index (χ1n) is 6.16. The van der Waals surface area contributed by atoms with Crippen LogP contribution in [0.4, 0.5) is 0 Å². The van der Waals surface area contributed by atoms with E-state index in [0.29, 0.717) is 24.3 Å². The minimum Gasteiger partial charge on any atom is -0.385 e. The van der Waals surface area contributed by atoms with E-state index < -0.39 is 0 Å². The zero-order valence-corrected chi connectivity index (χ0v) is 11.3. The molecule has 0 aliphatic carbocycles. The molecule has 0 aromatic heterocycles. The van der Waals surface area contributed by atoms with Gasteiger partial charge in [0, 0.05) is 25.8 Å². The summed E-state index contributed by atoms with van der Waals surface area (Å²) in [5.74, 6) is 5.22. The van der Waals surface area contributed by atoms with Gasteiger partial charge in [0.25, 0.3) is 5.91 Å². The van der Waals surface area contributed by atoms with Crippen LogP contribution in [0, 0.1) is 18.8 Å². The van der Waals surface area contributed by atoms with E-state index in [9.17, 15) is 4.79 Å². The predicted octanol–water partition coefficient (Wildman–Crippen LogP) is 1.11.